The number of hydrogen-bond donors (Lipinski definition) is 1. The van der Waals surface area contributed by atoms with Crippen molar-refractivity contribution in [1.82, 2.24) is 0 Å². The maximum absolute atomic E-state index is 10.7. The van der Waals surface area contributed by atoms with Crippen LogP contribution in [0.1, 0.15) is 17.0 Å². The Kier molecular flexibility index (Phi) is 3.70. The molecule has 0 aliphatic heterocycles. The largest absolute Gasteiger partial charge is 0.286 e. The molecule has 1 aromatic heterocycles. The average Bonchev–Trinajstić information content (AvgIpc) is 2.52. The lowest BCUT2D eigenvalue weighted by Crippen LogP contribution is -2.35. The second-order valence-electron chi connectivity index (χ2n) is 4.38. The molecule has 0 aliphatic carbocycles. The molecule has 0 radical (unpaired) electrons. The highest BCUT2D eigenvalue weighted by molar-refractivity contribution is 7.85. The summed E-state index contributed by atoms with van der Waals surface area (Å²) in [5, 5.41) is 1.14. The van der Waals surface area contributed by atoms with Crippen LogP contribution in [0, 0.1) is 13.8 Å². The van der Waals surface area contributed by atoms with Crippen molar-refractivity contribution >= 4 is 31.7 Å². The summed E-state index contributed by atoms with van der Waals surface area (Å²) in [6.45, 7) is 4.68. The summed E-state index contributed by atoms with van der Waals surface area (Å²) in [6, 6.07) is 6.24. The van der Waals surface area contributed by atoms with E-state index in [1.54, 1.807) is 11.3 Å². The summed E-state index contributed by atoms with van der Waals surface area (Å²) in [5.74, 6) is -0.192. The predicted molar refractivity (Wildman–Crippen MR) is 72.5 cm³/mol. The lowest BCUT2D eigenvalue weighted by Gasteiger charge is -1.97. The van der Waals surface area contributed by atoms with E-state index in [9.17, 15) is 8.42 Å². The molecule has 1 heterocycles. The summed E-state index contributed by atoms with van der Waals surface area (Å²) < 4.78 is 33.4. The SMILES string of the molecule is Cc1ccc2c(c1)sc(C)[n+]2CCCS(=O)(=O)O. The van der Waals surface area contributed by atoms with Gasteiger partial charge in [0.2, 0.25) is 10.5 Å². The zero-order valence-electron chi connectivity index (χ0n) is 10.4. The third-order valence-electron chi connectivity index (χ3n) is 2.83. The zero-order valence-corrected chi connectivity index (χ0v) is 12.0. The van der Waals surface area contributed by atoms with Gasteiger partial charge >= 0.3 is 0 Å². The normalized spacial score (nSPS) is 12.2. The minimum atomic E-state index is -3.86. The Morgan fingerprint density at radius 3 is 2.72 bits per heavy atom. The van der Waals surface area contributed by atoms with Crippen LogP contribution in [-0.4, -0.2) is 18.7 Å². The first-order chi connectivity index (χ1) is 8.37. The van der Waals surface area contributed by atoms with Crippen molar-refractivity contribution in [3.05, 3.63) is 28.8 Å². The van der Waals surface area contributed by atoms with Crippen LogP contribution >= 0.6 is 11.3 Å². The van der Waals surface area contributed by atoms with E-state index in [2.05, 4.69) is 23.6 Å². The number of aromatic nitrogens is 1. The molecule has 18 heavy (non-hydrogen) atoms. The Hall–Kier alpha value is -0.980. The number of fused-ring (bicyclic) bond motifs is 1. The number of nitrogens with zero attached hydrogens (tertiary/aromatic N) is 1. The Morgan fingerprint density at radius 1 is 1.33 bits per heavy atom. The van der Waals surface area contributed by atoms with Gasteiger partial charge in [-0.15, -0.1) is 0 Å². The van der Waals surface area contributed by atoms with Gasteiger partial charge in [0.15, 0.2) is 6.54 Å². The Morgan fingerprint density at radius 2 is 2.06 bits per heavy atom. The summed E-state index contributed by atoms with van der Waals surface area (Å²) in [5.41, 5.74) is 2.34. The van der Waals surface area contributed by atoms with Crippen LogP contribution in [-0.2, 0) is 16.7 Å². The van der Waals surface area contributed by atoms with E-state index in [0.717, 1.165) is 10.5 Å². The fourth-order valence-electron chi connectivity index (χ4n) is 1.99. The Labute approximate surface area is 111 Å². The van der Waals surface area contributed by atoms with Gasteiger partial charge < -0.3 is 0 Å². The molecule has 0 aliphatic rings. The standard InChI is InChI=1S/C12H15NO3S2/c1-9-4-5-11-12(8-9)17-10(2)13(11)6-3-7-18(14,15)16/h4-5,8H,3,6-7H2,1-2H3/p+1. The van der Waals surface area contributed by atoms with Crippen LogP contribution in [0.4, 0.5) is 0 Å². The van der Waals surface area contributed by atoms with Gasteiger partial charge in [-0.1, -0.05) is 17.4 Å². The van der Waals surface area contributed by atoms with Gasteiger partial charge in [-0.25, -0.2) is 0 Å². The fourth-order valence-corrected chi connectivity index (χ4v) is 3.63. The quantitative estimate of drug-likeness (QED) is 0.691. The highest BCUT2D eigenvalue weighted by Gasteiger charge is 2.17. The van der Waals surface area contributed by atoms with E-state index < -0.39 is 10.1 Å². The Balaban J connectivity index is 2.25. The zero-order chi connectivity index (χ0) is 13.3. The molecule has 1 aromatic carbocycles. The maximum Gasteiger partial charge on any atom is 0.265 e. The average molecular weight is 286 g/mol. The maximum atomic E-state index is 10.7. The molecule has 1 N–H and O–H groups in total. The van der Waals surface area contributed by atoms with Gasteiger partial charge in [0.1, 0.15) is 4.70 Å². The van der Waals surface area contributed by atoms with E-state index in [4.69, 9.17) is 4.55 Å². The van der Waals surface area contributed by atoms with Crippen molar-refractivity contribution in [2.45, 2.75) is 26.8 Å². The molecule has 98 valence electrons. The predicted octanol–water partition coefficient (Wildman–Crippen LogP) is 2.08. The molecule has 0 saturated carbocycles. The third kappa shape index (κ3) is 3.07. The monoisotopic (exact) mass is 286 g/mol. The van der Waals surface area contributed by atoms with Crippen LogP contribution in [0.5, 0.6) is 0 Å². The number of hydrogen-bond acceptors (Lipinski definition) is 3. The molecule has 0 saturated heterocycles. The van der Waals surface area contributed by atoms with E-state index in [-0.39, 0.29) is 5.75 Å². The lowest BCUT2D eigenvalue weighted by atomic mass is 10.2. The molecular weight excluding hydrogens is 270 g/mol. The Bertz CT molecular complexity index is 674. The molecular formula is C12H16NO3S2+. The molecule has 0 atom stereocenters. The molecule has 2 aromatic rings. The molecule has 2 rings (SSSR count). The number of thiazole rings is 1. The van der Waals surface area contributed by atoms with Gasteiger partial charge in [0, 0.05) is 19.4 Å². The van der Waals surface area contributed by atoms with E-state index in [1.165, 1.54) is 10.3 Å². The van der Waals surface area contributed by atoms with Crippen molar-refractivity contribution < 1.29 is 17.5 Å². The summed E-state index contributed by atoms with van der Waals surface area (Å²) in [4.78, 5) is 0. The van der Waals surface area contributed by atoms with Gasteiger partial charge in [-0.2, -0.15) is 13.0 Å². The van der Waals surface area contributed by atoms with Gasteiger partial charge in [0.25, 0.3) is 10.1 Å². The first-order valence-corrected chi connectivity index (χ1v) is 8.14. The summed E-state index contributed by atoms with van der Waals surface area (Å²) >= 11 is 1.70. The first kappa shape index (κ1) is 13.5. The van der Waals surface area contributed by atoms with E-state index in [0.29, 0.717) is 13.0 Å². The molecule has 0 fully saturated rings. The third-order valence-corrected chi connectivity index (χ3v) is 4.70. The number of rotatable bonds is 4. The molecule has 4 nitrogen and oxygen atoms in total. The second kappa shape index (κ2) is 4.95. The number of benzene rings is 1. The van der Waals surface area contributed by atoms with Crippen LogP contribution in [0.3, 0.4) is 0 Å². The van der Waals surface area contributed by atoms with Crippen LogP contribution in [0.2, 0.25) is 0 Å². The first-order valence-electron chi connectivity index (χ1n) is 5.71. The van der Waals surface area contributed by atoms with E-state index in [1.807, 2.05) is 13.0 Å². The van der Waals surface area contributed by atoms with Crippen LogP contribution < -0.4 is 4.57 Å². The van der Waals surface area contributed by atoms with Crippen molar-refractivity contribution in [3.8, 4) is 0 Å². The molecule has 0 amide bonds. The smallest absolute Gasteiger partial charge is 0.265 e. The highest BCUT2D eigenvalue weighted by atomic mass is 32.2. The minimum Gasteiger partial charge on any atom is -0.286 e. The van der Waals surface area contributed by atoms with Gasteiger partial charge in [-0.05, 0) is 18.6 Å². The summed E-state index contributed by atoms with van der Waals surface area (Å²) in [6.07, 6.45) is 0.421. The van der Waals surface area contributed by atoms with Gasteiger partial charge in [-0.3, -0.25) is 4.55 Å². The summed E-state index contributed by atoms with van der Waals surface area (Å²) in [7, 11) is -3.86. The lowest BCUT2D eigenvalue weighted by molar-refractivity contribution is -0.672. The number of aryl methyl sites for hydroxylation is 3. The molecule has 6 heteroatoms. The van der Waals surface area contributed by atoms with Crippen LogP contribution in [0.15, 0.2) is 18.2 Å². The highest BCUT2D eigenvalue weighted by Crippen LogP contribution is 2.21. The molecule has 0 bridgehead atoms. The second-order valence-corrected chi connectivity index (χ2v) is 7.19. The fraction of sp³-hybridized carbons (Fsp3) is 0.417. The van der Waals surface area contributed by atoms with Crippen molar-refractivity contribution in [1.29, 1.82) is 0 Å². The topological polar surface area (TPSA) is 58.2 Å². The molecule has 0 spiro atoms. The molecule has 0 unspecified atom stereocenters. The van der Waals surface area contributed by atoms with Crippen molar-refractivity contribution in [3.63, 3.8) is 0 Å². The van der Waals surface area contributed by atoms with Gasteiger partial charge in [0.05, 0.1) is 5.75 Å². The van der Waals surface area contributed by atoms with Crippen molar-refractivity contribution in [2.75, 3.05) is 5.75 Å². The minimum absolute atomic E-state index is 0.192. The van der Waals surface area contributed by atoms with Crippen LogP contribution in [0.25, 0.3) is 10.2 Å². The van der Waals surface area contributed by atoms with E-state index >= 15 is 0 Å². The van der Waals surface area contributed by atoms with Crippen molar-refractivity contribution in [2.24, 2.45) is 0 Å².